The summed E-state index contributed by atoms with van der Waals surface area (Å²) in [5, 5.41) is 0.150. The second kappa shape index (κ2) is 4.80. The Bertz CT molecular complexity index is 514. The molecule has 0 spiro atoms. The van der Waals surface area contributed by atoms with E-state index in [1.807, 2.05) is 0 Å². The fourth-order valence-corrected chi connectivity index (χ4v) is 2.90. The number of nitrogens with one attached hydrogen (secondary N) is 1. The van der Waals surface area contributed by atoms with Crippen LogP contribution in [0.3, 0.4) is 0 Å². The van der Waals surface area contributed by atoms with Crippen molar-refractivity contribution in [2.24, 2.45) is 5.92 Å². The summed E-state index contributed by atoms with van der Waals surface area (Å²) >= 11 is 5.74. The van der Waals surface area contributed by atoms with E-state index < -0.39 is 10.0 Å². The van der Waals surface area contributed by atoms with Crippen molar-refractivity contribution < 1.29 is 8.42 Å². The van der Waals surface area contributed by atoms with Crippen molar-refractivity contribution in [1.82, 2.24) is 9.71 Å². The van der Waals surface area contributed by atoms with Gasteiger partial charge in [0.05, 0.1) is 5.02 Å². The number of sulfonamides is 1. The maximum atomic E-state index is 11.9. The summed E-state index contributed by atoms with van der Waals surface area (Å²) < 4.78 is 26.3. The normalized spacial score (nSPS) is 16.8. The molecule has 1 aliphatic rings. The summed E-state index contributed by atoms with van der Waals surface area (Å²) in [4.78, 5) is 3.78. The number of nitrogens with two attached hydrogens (primary N) is 1. The highest BCUT2D eigenvalue weighted by Crippen LogP contribution is 2.26. The van der Waals surface area contributed by atoms with E-state index in [2.05, 4.69) is 9.71 Å². The zero-order valence-electron chi connectivity index (χ0n) is 9.19. The van der Waals surface area contributed by atoms with Gasteiger partial charge in [0.15, 0.2) is 0 Å². The van der Waals surface area contributed by atoms with Gasteiger partial charge in [0.2, 0.25) is 10.0 Å². The summed E-state index contributed by atoms with van der Waals surface area (Å²) in [6.07, 6.45) is 4.57. The molecular formula is C10H14ClN3O2S. The standard InChI is InChI=1S/C10H14ClN3O2S/c11-9-4-8(6-13-10(9)12)17(15,16)14-5-7-2-1-3-7/h4,6-7,14H,1-3,5H2,(H2,12,13). The minimum absolute atomic E-state index is 0.0519. The zero-order valence-corrected chi connectivity index (χ0v) is 10.8. The number of pyridine rings is 1. The van der Waals surface area contributed by atoms with E-state index in [9.17, 15) is 8.42 Å². The molecule has 0 saturated heterocycles. The summed E-state index contributed by atoms with van der Waals surface area (Å²) in [6, 6.07) is 1.31. The number of hydrogen-bond donors (Lipinski definition) is 2. The molecule has 0 unspecified atom stereocenters. The van der Waals surface area contributed by atoms with E-state index in [1.54, 1.807) is 0 Å². The lowest BCUT2D eigenvalue weighted by molar-refractivity contribution is 0.316. The van der Waals surface area contributed by atoms with Crippen molar-refractivity contribution in [2.75, 3.05) is 12.3 Å². The first kappa shape index (κ1) is 12.6. The van der Waals surface area contributed by atoms with Crippen LogP contribution in [0.5, 0.6) is 0 Å². The summed E-state index contributed by atoms with van der Waals surface area (Å²) in [7, 11) is -3.52. The molecule has 0 bridgehead atoms. The number of halogens is 1. The molecule has 0 aliphatic heterocycles. The monoisotopic (exact) mass is 275 g/mol. The van der Waals surface area contributed by atoms with Gasteiger partial charge < -0.3 is 5.73 Å². The zero-order chi connectivity index (χ0) is 12.5. The van der Waals surface area contributed by atoms with E-state index in [0.29, 0.717) is 12.5 Å². The van der Waals surface area contributed by atoms with Gasteiger partial charge >= 0.3 is 0 Å². The first-order valence-corrected chi connectivity index (χ1v) is 7.26. The minimum Gasteiger partial charge on any atom is -0.382 e. The van der Waals surface area contributed by atoms with Crippen LogP contribution in [-0.2, 0) is 10.0 Å². The Kier molecular flexibility index (Phi) is 3.56. The average Bonchev–Trinajstić information content (AvgIpc) is 2.19. The Labute approximate surface area is 105 Å². The molecule has 1 saturated carbocycles. The Morgan fingerprint density at radius 2 is 2.24 bits per heavy atom. The number of rotatable bonds is 4. The van der Waals surface area contributed by atoms with E-state index >= 15 is 0 Å². The summed E-state index contributed by atoms with van der Waals surface area (Å²) in [5.74, 6) is 0.589. The van der Waals surface area contributed by atoms with Gasteiger partial charge in [-0.2, -0.15) is 0 Å². The molecule has 7 heteroatoms. The van der Waals surface area contributed by atoms with Gasteiger partial charge in [0, 0.05) is 12.7 Å². The molecule has 2 rings (SSSR count). The smallest absolute Gasteiger partial charge is 0.242 e. The Morgan fingerprint density at radius 3 is 2.76 bits per heavy atom. The third-order valence-corrected chi connectivity index (χ3v) is 4.63. The van der Waals surface area contributed by atoms with Crippen LogP contribution in [0, 0.1) is 5.92 Å². The second-order valence-corrected chi connectivity index (χ2v) is 6.36. The fourth-order valence-electron chi connectivity index (χ4n) is 1.59. The van der Waals surface area contributed by atoms with Crippen molar-refractivity contribution in [2.45, 2.75) is 24.2 Å². The van der Waals surface area contributed by atoms with E-state index in [-0.39, 0.29) is 15.7 Å². The van der Waals surface area contributed by atoms with Crippen molar-refractivity contribution in [3.63, 3.8) is 0 Å². The predicted molar refractivity (Wildman–Crippen MR) is 66.2 cm³/mol. The van der Waals surface area contributed by atoms with Crippen molar-refractivity contribution >= 4 is 27.4 Å². The fraction of sp³-hybridized carbons (Fsp3) is 0.500. The van der Waals surface area contributed by atoms with Gasteiger partial charge in [0.1, 0.15) is 10.7 Å². The number of hydrogen-bond acceptors (Lipinski definition) is 4. The molecule has 1 fully saturated rings. The van der Waals surface area contributed by atoms with Crippen LogP contribution < -0.4 is 10.5 Å². The molecule has 0 amide bonds. The van der Waals surface area contributed by atoms with Crippen LogP contribution >= 0.6 is 11.6 Å². The third-order valence-electron chi connectivity index (χ3n) is 2.94. The molecule has 1 aromatic rings. The van der Waals surface area contributed by atoms with Crippen molar-refractivity contribution in [3.8, 4) is 0 Å². The number of nitrogen functional groups attached to an aromatic ring is 1. The van der Waals surface area contributed by atoms with E-state index in [1.165, 1.54) is 18.7 Å². The quantitative estimate of drug-likeness (QED) is 0.870. The molecule has 17 heavy (non-hydrogen) atoms. The van der Waals surface area contributed by atoms with E-state index in [4.69, 9.17) is 17.3 Å². The number of nitrogens with zero attached hydrogens (tertiary/aromatic N) is 1. The molecule has 3 N–H and O–H groups in total. The molecule has 0 aromatic carbocycles. The van der Waals surface area contributed by atoms with Crippen molar-refractivity contribution in [1.29, 1.82) is 0 Å². The van der Waals surface area contributed by atoms with Crippen LogP contribution in [-0.4, -0.2) is 19.9 Å². The van der Waals surface area contributed by atoms with Gasteiger partial charge in [-0.3, -0.25) is 0 Å². The van der Waals surface area contributed by atoms with Gasteiger partial charge in [0.25, 0.3) is 0 Å². The highest BCUT2D eigenvalue weighted by Gasteiger charge is 2.21. The lowest BCUT2D eigenvalue weighted by atomic mass is 9.86. The number of aromatic nitrogens is 1. The highest BCUT2D eigenvalue weighted by atomic mass is 35.5. The van der Waals surface area contributed by atoms with Crippen LogP contribution in [0.15, 0.2) is 17.2 Å². The first-order valence-electron chi connectivity index (χ1n) is 5.40. The third kappa shape index (κ3) is 2.88. The summed E-state index contributed by atoms with van der Waals surface area (Å²) in [5.41, 5.74) is 5.43. The molecule has 94 valence electrons. The minimum atomic E-state index is -3.52. The topological polar surface area (TPSA) is 85.1 Å². The van der Waals surface area contributed by atoms with Crippen LogP contribution in [0.2, 0.25) is 5.02 Å². The molecule has 1 aliphatic carbocycles. The lowest BCUT2D eigenvalue weighted by Gasteiger charge is -2.25. The van der Waals surface area contributed by atoms with Crippen molar-refractivity contribution in [3.05, 3.63) is 17.3 Å². The van der Waals surface area contributed by atoms with Crippen LogP contribution in [0.25, 0.3) is 0 Å². The molecule has 1 aromatic heterocycles. The maximum absolute atomic E-state index is 11.9. The predicted octanol–water partition coefficient (Wildman–Crippen LogP) is 1.40. The molecule has 5 nitrogen and oxygen atoms in total. The highest BCUT2D eigenvalue weighted by molar-refractivity contribution is 7.89. The van der Waals surface area contributed by atoms with E-state index in [0.717, 1.165) is 12.8 Å². The number of anilines is 1. The van der Waals surface area contributed by atoms with Gasteiger partial charge in [-0.25, -0.2) is 18.1 Å². The maximum Gasteiger partial charge on any atom is 0.242 e. The molecule has 0 atom stereocenters. The largest absolute Gasteiger partial charge is 0.382 e. The molecule has 0 radical (unpaired) electrons. The van der Waals surface area contributed by atoms with Gasteiger partial charge in [-0.1, -0.05) is 18.0 Å². The average molecular weight is 276 g/mol. The van der Waals surface area contributed by atoms with Crippen LogP contribution in [0.4, 0.5) is 5.82 Å². The summed E-state index contributed by atoms with van der Waals surface area (Å²) in [6.45, 7) is 0.477. The van der Waals surface area contributed by atoms with Crippen LogP contribution in [0.1, 0.15) is 19.3 Å². The SMILES string of the molecule is Nc1ncc(S(=O)(=O)NCC2CCC2)cc1Cl. The second-order valence-electron chi connectivity index (χ2n) is 4.19. The first-order chi connectivity index (χ1) is 7.99. The molecular weight excluding hydrogens is 262 g/mol. The Balaban J connectivity index is 2.10. The Morgan fingerprint density at radius 1 is 1.53 bits per heavy atom. The lowest BCUT2D eigenvalue weighted by Crippen LogP contribution is -2.32. The van der Waals surface area contributed by atoms with Gasteiger partial charge in [-0.15, -0.1) is 0 Å². The van der Waals surface area contributed by atoms with Gasteiger partial charge in [-0.05, 0) is 24.8 Å². The molecule has 1 heterocycles. The Hall–Kier alpha value is -0.850.